The molecule has 0 aliphatic rings. The topological polar surface area (TPSA) is 55.4 Å². The van der Waals surface area contributed by atoms with Crippen molar-refractivity contribution in [1.29, 1.82) is 0 Å². The Bertz CT molecular complexity index is 1100. The van der Waals surface area contributed by atoms with Crippen LogP contribution in [-0.2, 0) is 9.53 Å². The van der Waals surface area contributed by atoms with E-state index in [0.717, 1.165) is 9.79 Å². The smallest absolute Gasteiger partial charge is 0.337 e. The maximum absolute atomic E-state index is 13.0. The molecule has 0 atom stereocenters. The van der Waals surface area contributed by atoms with E-state index in [1.165, 1.54) is 43.1 Å². The maximum atomic E-state index is 13.0. The predicted octanol–water partition coefficient (Wildman–Crippen LogP) is 6.07. The Labute approximate surface area is 182 Å². The second kappa shape index (κ2) is 10.1. The van der Waals surface area contributed by atoms with Crippen LogP contribution in [0.5, 0.6) is 0 Å². The fourth-order valence-electron chi connectivity index (χ4n) is 2.54. The van der Waals surface area contributed by atoms with Gasteiger partial charge in [0.05, 0.1) is 12.7 Å². The molecule has 0 saturated carbocycles. The monoisotopic (exact) mass is 441 g/mol. The van der Waals surface area contributed by atoms with E-state index in [1.807, 2.05) is 6.07 Å². The first-order valence-corrected chi connectivity index (χ1v) is 10.0. The van der Waals surface area contributed by atoms with Crippen molar-refractivity contribution in [2.45, 2.75) is 9.79 Å². The van der Waals surface area contributed by atoms with E-state index in [-0.39, 0.29) is 11.7 Å². The highest BCUT2D eigenvalue weighted by atomic mass is 35.5. The molecule has 0 fully saturated rings. The largest absolute Gasteiger partial charge is 0.465 e. The van der Waals surface area contributed by atoms with E-state index in [1.54, 1.807) is 48.5 Å². The summed E-state index contributed by atoms with van der Waals surface area (Å²) in [6.45, 7) is 0. The molecular formula is C23H17ClFNO3S. The summed E-state index contributed by atoms with van der Waals surface area (Å²) < 4.78 is 17.7. The van der Waals surface area contributed by atoms with Crippen LogP contribution < -0.4 is 5.32 Å². The van der Waals surface area contributed by atoms with Crippen molar-refractivity contribution in [1.82, 2.24) is 0 Å². The minimum atomic E-state index is -0.480. The molecule has 0 aromatic heterocycles. The van der Waals surface area contributed by atoms with Gasteiger partial charge in [-0.1, -0.05) is 35.5 Å². The molecule has 0 aliphatic carbocycles. The normalized spacial score (nSPS) is 10.8. The van der Waals surface area contributed by atoms with Gasteiger partial charge in [-0.25, -0.2) is 9.18 Å². The number of halogens is 2. The number of carbonyl (C=O) groups excluding carboxylic acids is 2. The molecule has 0 spiro atoms. The van der Waals surface area contributed by atoms with E-state index in [9.17, 15) is 14.0 Å². The molecule has 30 heavy (non-hydrogen) atoms. The Morgan fingerprint density at radius 1 is 1.03 bits per heavy atom. The summed E-state index contributed by atoms with van der Waals surface area (Å²) in [6, 6.07) is 18.1. The summed E-state index contributed by atoms with van der Waals surface area (Å²) in [5.41, 5.74) is 1.50. The molecule has 0 unspecified atom stereocenters. The lowest BCUT2D eigenvalue weighted by molar-refractivity contribution is -0.111. The molecule has 0 radical (unpaired) electrons. The fraction of sp³-hybridized carbons (Fsp3) is 0.0435. The molecule has 1 amide bonds. The summed E-state index contributed by atoms with van der Waals surface area (Å²) in [4.78, 5) is 25.6. The van der Waals surface area contributed by atoms with Gasteiger partial charge in [-0.2, -0.15) is 0 Å². The van der Waals surface area contributed by atoms with E-state index < -0.39 is 5.97 Å². The average Bonchev–Trinajstić information content (AvgIpc) is 2.74. The van der Waals surface area contributed by atoms with Gasteiger partial charge in [0.1, 0.15) is 5.82 Å². The molecule has 152 valence electrons. The quantitative estimate of drug-likeness (QED) is 0.372. The third-order valence-electron chi connectivity index (χ3n) is 3.99. The van der Waals surface area contributed by atoms with Crippen LogP contribution in [0.15, 0.2) is 82.6 Å². The maximum Gasteiger partial charge on any atom is 0.337 e. The number of carbonyl (C=O) groups is 2. The standard InChI is InChI=1S/C23H17ClFNO3S/c1-29-23(28)16-3-2-4-18(13-16)26-22(27)12-6-15-5-9-20(14-21(15)24)30-19-10-7-17(25)8-11-19/h2-14H,1H3,(H,26,27)/b12-6+. The molecule has 7 heteroatoms. The predicted molar refractivity (Wildman–Crippen MR) is 117 cm³/mol. The number of nitrogens with one attached hydrogen (secondary N) is 1. The van der Waals surface area contributed by atoms with Crippen LogP contribution in [0, 0.1) is 5.82 Å². The van der Waals surface area contributed by atoms with Gasteiger partial charge < -0.3 is 10.1 Å². The first kappa shape index (κ1) is 21.6. The summed E-state index contributed by atoms with van der Waals surface area (Å²) in [7, 11) is 1.30. The molecule has 1 N–H and O–H groups in total. The summed E-state index contributed by atoms with van der Waals surface area (Å²) in [5.74, 6) is -1.13. The van der Waals surface area contributed by atoms with Crippen molar-refractivity contribution < 1.29 is 18.7 Å². The molecule has 0 bridgehead atoms. The first-order valence-electron chi connectivity index (χ1n) is 8.85. The number of esters is 1. The lowest BCUT2D eigenvalue weighted by atomic mass is 10.2. The molecule has 0 saturated heterocycles. The molecule has 4 nitrogen and oxygen atoms in total. The van der Waals surface area contributed by atoms with Crippen LogP contribution >= 0.6 is 23.4 Å². The van der Waals surface area contributed by atoms with Crippen molar-refractivity contribution in [2.75, 3.05) is 12.4 Å². The van der Waals surface area contributed by atoms with Crippen molar-refractivity contribution in [2.24, 2.45) is 0 Å². The Morgan fingerprint density at radius 3 is 2.47 bits per heavy atom. The number of hydrogen-bond donors (Lipinski definition) is 1. The average molecular weight is 442 g/mol. The van der Waals surface area contributed by atoms with Gasteiger partial charge in [0.25, 0.3) is 0 Å². The van der Waals surface area contributed by atoms with Crippen molar-refractivity contribution in [3.63, 3.8) is 0 Å². The zero-order chi connectivity index (χ0) is 21.5. The number of anilines is 1. The number of methoxy groups -OCH3 is 1. The third-order valence-corrected chi connectivity index (χ3v) is 5.31. The van der Waals surface area contributed by atoms with Gasteiger partial charge in [-0.3, -0.25) is 4.79 Å². The second-order valence-corrected chi connectivity index (χ2v) is 7.69. The van der Waals surface area contributed by atoms with Gasteiger partial charge in [0, 0.05) is 26.6 Å². The molecule has 0 heterocycles. The minimum Gasteiger partial charge on any atom is -0.465 e. The number of ether oxygens (including phenoxy) is 1. The lowest BCUT2D eigenvalue weighted by Gasteiger charge is -2.06. The van der Waals surface area contributed by atoms with E-state index in [0.29, 0.717) is 21.8 Å². The molecular weight excluding hydrogens is 425 g/mol. The summed E-state index contributed by atoms with van der Waals surface area (Å²) in [6.07, 6.45) is 2.97. The highest BCUT2D eigenvalue weighted by Gasteiger charge is 2.07. The zero-order valence-corrected chi connectivity index (χ0v) is 17.5. The SMILES string of the molecule is COC(=O)c1cccc(NC(=O)/C=C/c2ccc(Sc3ccc(F)cc3)cc2Cl)c1. The fourth-order valence-corrected chi connectivity index (χ4v) is 3.70. The van der Waals surface area contributed by atoms with Crippen molar-refractivity contribution in [3.8, 4) is 0 Å². The number of hydrogen-bond acceptors (Lipinski definition) is 4. The molecule has 3 rings (SSSR count). The van der Waals surface area contributed by atoms with Crippen molar-refractivity contribution >= 4 is 47.0 Å². The highest BCUT2D eigenvalue weighted by molar-refractivity contribution is 7.99. The first-order chi connectivity index (χ1) is 14.4. The zero-order valence-electron chi connectivity index (χ0n) is 15.9. The van der Waals surface area contributed by atoms with E-state index in [4.69, 9.17) is 11.6 Å². The van der Waals surface area contributed by atoms with Crippen LogP contribution in [0.2, 0.25) is 5.02 Å². The second-order valence-electron chi connectivity index (χ2n) is 6.13. The third kappa shape index (κ3) is 5.95. The van der Waals surface area contributed by atoms with Crippen LogP contribution in [0.4, 0.5) is 10.1 Å². The lowest BCUT2D eigenvalue weighted by Crippen LogP contribution is -2.09. The molecule has 3 aromatic rings. The Kier molecular flexibility index (Phi) is 7.27. The van der Waals surface area contributed by atoms with Crippen LogP contribution in [0.25, 0.3) is 6.08 Å². The number of amides is 1. The Hall–Kier alpha value is -3.09. The van der Waals surface area contributed by atoms with Gasteiger partial charge in [0.15, 0.2) is 0 Å². The van der Waals surface area contributed by atoms with Crippen molar-refractivity contribution in [3.05, 3.63) is 94.8 Å². The van der Waals surface area contributed by atoms with Gasteiger partial charge in [0.2, 0.25) is 5.91 Å². The summed E-state index contributed by atoms with van der Waals surface area (Å²) >= 11 is 7.79. The summed E-state index contributed by atoms with van der Waals surface area (Å²) in [5, 5.41) is 3.17. The highest BCUT2D eigenvalue weighted by Crippen LogP contribution is 2.31. The van der Waals surface area contributed by atoms with E-state index in [2.05, 4.69) is 10.1 Å². The van der Waals surface area contributed by atoms with Crippen LogP contribution in [-0.4, -0.2) is 19.0 Å². The van der Waals surface area contributed by atoms with Crippen LogP contribution in [0.1, 0.15) is 15.9 Å². The van der Waals surface area contributed by atoms with Crippen LogP contribution in [0.3, 0.4) is 0 Å². The van der Waals surface area contributed by atoms with Gasteiger partial charge in [-0.05, 0) is 66.2 Å². The van der Waals surface area contributed by atoms with Gasteiger partial charge in [-0.15, -0.1) is 0 Å². The Morgan fingerprint density at radius 2 is 1.77 bits per heavy atom. The minimum absolute atomic E-state index is 0.284. The number of rotatable bonds is 6. The van der Waals surface area contributed by atoms with E-state index >= 15 is 0 Å². The number of benzene rings is 3. The molecule has 3 aromatic carbocycles. The molecule has 0 aliphatic heterocycles. The van der Waals surface area contributed by atoms with Gasteiger partial charge >= 0.3 is 5.97 Å². The Balaban J connectivity index is 1.64.